The molecule has 0 aliphatic rings. The molecule has 27 heavy (non-hydrogen) atoms. The van der Waals surface area contributed by atoms with Crippen molar-refractivity contribution >= 4 is 23.2 Å². The highest BCUT2D eigenvalue weighted by molar-refractivity contribution is 6.30. The lowest BCUT2D eigenvalue weighted by Crippen LogP contribution is -2.29. The van der Waals surface area contributed by atoms with E-state index < -0.39 is 23.8 Å². The van der Waals surface area contributed by atoms with E-state index in [-0.39, 0.29) is 27.7 Å². The Hall–Kier alpha value is -3.14. The van der Waals surface area contributed by atoms with E-state index in [0.29, 0.717) is 0 Å². The van der Waals surface area contributed by atoms with Crippen LogP contribution in [0.3, 0.4) is 0 Å². The van der Waals surface area contributed by atoms with Gasteiger partial charge in [0.1, 0.15) is 5.82 Å². The van der Waals surface area contributed by atoms with Crippen LogP contribution in [0.2, 0.25) is 5.02 Å². The minimum absolute atomic E-state index is 0.0100. The average molecular weight is 401 g/mol. The zero-order chi connectivity index (χ0) is 19.6. The molecule has 0 bridgehead atoms. The first-order valence-electron chi connectivity index (χ1n) is 7.27. The minimum atomic E-state index is -4.74. The molecule has 1 aromatic heterocycles. The van der Waals surface area contributed by atoms with Crippen molar-refractivity contribution in [2.45, 2.75) is 6.18 Å². The van der Waals surface area contributed by atoms with Crippen molar-refractivity contribution < 1.29 is 26.9 Å². The zero-order valence-corrected chi connectivity index (χ0v) is 13.9. The Kier molecular flexibility index (Phi) is 5.00. The number of benzene rings is 2. The third kappa shape index (κ3) is 4.34. The van der Waals surface area contributed by atoms with Crippen LogP contribution in [0.5, 0.6) is 0 Å². The summed E-state index contributed by atoms with van der Waals surface area (Å²) in [7, 11) is 0. The number of hydrogen-bond acceptors (Lipinski definition) is 5. The van der Waals surface area contributed by atoms with Crippen molar-refractivity contribution in [2.24, 2.45) is 0 Å². The van der Waals surface area contributed by atoms with Gasteiger partial charge in [-0.15, -0.1) is 0 Å². The highest BCUT2D eigenvalue weighted by Crippen LogP contribution is 2.29. The van der Waals surface area contributed by atoms with E-state index in [0.717, 1.165) is 6.07 Å². The fraction of sp³-hybridized carbons (Fsp3) is 0.0625. The highest BCUT2D eigenvalue weighted by Gasteiger charge is 2.38. The van der Waals surface area contributed by atoms with Crippen LogP contribution in [0.4, 0.5) is 23.2 Å². The van der Waals surface area contributed by atoms with Gasteiger partial charge in [0.15, 0.2) is 0 Å². The van der Waals surface area contributed by atoms with Crippen LogP contribution in [0.15, 0.2) is 47.0 Å². The molecule has 0 saturated heterocycles. The summed E-state index contributed by atoms with van der Waals surface area (Å²) in [5.41, 5.74) is 5.10. The van der Waals surface area contributed by atoms with Gasteiger partial charge in [0.25, 0.3) is 5.91 Å². The Morgan fingerprint density at radius 3 is 2.41 bits per heavy atom. The van der Waals surface area contributed by atoms with Gasteiger partial charge >= 0.3 is 12.1 Å². The van der Waals surface area contributed by atoms with Crippen molar-refractivity contribution in [1.82, 2.24) is 15.6 Å². The SMILES string of the molecule is O=C(NNc1ccc(Cl)cc1F)c1ccc(-c2noc(C(F)(F)F)n2)cc1. The van der Waals surface area contributed by atoms with Gasteiger partial charge in [-0.1, -0.05) is 28.9 Å². The Morgan fingerprint density at radius 1 is 1.11 bits per heavy atom. The maximum Gasteiger partial charge on any atom is 0.471 e. The summed E-state index contributed by atoms with van der Waals surface area (Å²) in [5.74, 6) is -2.99. The van der Waals surface area contributed by atoms with Gasteiger partial charge < -0.3 is 4.52 Å². The number of carbonyl (C=O) groups is 1. The Morgan fingerprint density at radius 2 is 1.81 bits per heavy atom. The number of rotatable bonds is 4. The molecule has 2 N–H and O–H groups in total. The topological polar surface area (TPSA) is 80.0 Å². The monoisotopic (exact) mass is 400 g/mol. The fourth-order valence-corrected chi connectivity index (χ4v) is 2.17. The van der Waals surface area contributed by atoms with Gasteiger partial charge in [0.2, 0.25) is 5.82 Å². The minimum Gasteiger partial charge on any atom is -0.329 e. The van der Waals surface area contributed by atoms with Crippen LogP contribution >= 0.6 is 11.6 Å². The fourth-order valence-electron chi connectivity index (χ4n) is 2.01. The van der Waals surface area contributed by atoms with Crippen molar-refractivity contribution in [2.75, 3.05) is 5.43 Å². The number of alkyl halides is 3. The van der Waals surface area contributed by atoms with Crippen LogP contribution < -0.4 is 10.9 Å². The first-order chi connectivity index (χ1) is 12.7. The quantitative estimate of drug-likeness (QED) is 0.504. The lowest BCUT2D eigenvalue weighted by atomic mass is 10.1. The maximum absolute atomic E-state index is 13.6. The number of aromatic nitrogens is 2. The summed E-state index contributed by atoms with van der Waals surface area (Å²) < 4.78 is 55.2. The van der Waals surface area contributed by atoms with Crippen molar-refractivity contribution in [3.63, 3.8) is 0 Å². The molecule has 0 atom stereocenters. The number of nitrogens with zero attached hydrogens (tertiary/aromatic N) is 2. The molecule has 1 heterocycles. The van der Waals surface area contributed by atoms with E-state index in [1.165, 1.54) is 36.4 Å². The summed E-state index contributed by atoms with van der Waals surface area (Å²) in [5, 5.41) is 3.45. The molecule has 1 amide bonds. The predicted molar refractivity (Wildman–Crippen MR) is 87.2 cm³/mol. The summed E-state index contributed by atoms with van der Waals surface area (Å²) >= 11 is 5.63. The van der Waals surface area contributed by atoms with Gasteiger partial charge in [-0.2, -0.15) is 18.2 Å². The lowest BCUT2D eigenvalue weighted by Gasteiger charge is -2.09. The molecule has 0 aliphatic heterocycles. The van der Waals surface area contributed by atoms with Gasteiger partial charge in [0.05, 0.1) is 5.69 Å². The smallest absolute Gasteiger partial charge is 0.329 e. The molecule has 0 radical (unpaired) electrons. The van der Waals surface area contributed by atoms with Gasteiger partial charge in [-0.25, -0.2) is 4.39 Å². The second-order valence-corrected chi connectivity index (χ2v) is 5.64. The first kappa shape index (κ1) is 18.6. The van der Waals surface area contributed by atoms with Crippen LogP contribution in [0.1, 0.15) is 16.2 Å². The molecule has 2 aromatic carbocycles. The standard InChI is InChI=1S/C16H9ClF4N4O2/c17-10-5-6-12(11(18)7-10)23-24-14(26)9-3-1-8(2-4-9)13-22-15(27-25-13)16(19,20)21/h1-7,23H,(H,24,26). The summed E-state index contributed by atoms with van der Waals surface area (Å²) in [6.07, 6.45) is -4.74. The number of halogens is 5. The van der Waals surface area contributed by atoms with E-state index in [9.17, 15) is 22.4 Å². The van der Waals surface area contributed by atoms with Gasteiger partial charge in [0, 0.05) is 16.1 Å². The highest BCUT2D eigenvalue weighted by atomic mass is 35.5. The Bertz CT molecular complexity index is 973. The molecule has 6 nitrogen and oxygen atoms in total. The third-order valence-electron chi connectivity index (χ3n) is 3.32. The Balaban J connectivity index is 1.67. The van der Waals surface area contributed by atoms with E-state index >= 15 is 0 Å². The molecular formula is C16H9ClF4N4O2. The summed E-state index contributed by atoms with van der Waals surface area (Å²) in [6, 6.07) is 9.24. The number of amides is 1. The number of nitrogens with one attached hydrogen (secondary N) is 2. The largest absolute Gasteiger partial charge is 0.471 e. The number of hydrogen-bond donors (Lipinski definition) is 2. The first-order valence-corrected chi connectivity index (χ1v) is 7.64. The van der Waals surface area contributed by atoms with Crippen LogP contribution in [0.25, 0.3) is 11.4 Å². The summed E-state index contributed by atoms with van der Waals surface area (Å²) in [6.45, 7) is 0. The molecule has 3 aromatic rings. The van der Waals surface area contributed by atoms with Gasteiger partial charge in [-0.05, 0) is 30.3 Å². The lowest BCUT2D eigenvalue weighted by molar-refractivity contribution is -0.159. The third-order valence-corrected chi connectivity index (χ3v) is 3.55. The van der Waals surface area contributed by atoms with E-state index in [1.54, 1.807) is 0 Å². The molecule has 0 saturated carbocycles. The zero-order valence-electron chi connectivity index (χ0n) is 13.1. The van der Waals surface area contributed by atoms with Crippen LogP contribution in [-0.4, -0.2) is 16.0 Å². The van der Waals surface area contributed by atoms with E-state index in [1.807, 2.05) is 0 Å². The number of hydrazine groups is 1. The van der Waals surface area contributed by atoms with Crippen LogP contribution in [-0.2, 0) is 6.18 Å². The van der Waals surface area contributed by atoms with E-state index in [4.69, 9.17) is 11.6 Å². The van der Waals surface area contributed by atoms with Crippen molar-refractivity contribution in [3.8, 4) is 11.4 Å². The molecule has 3 rings (SSSR count). The normalized spacial score (nSPS) is 11.3. The van der Waals surface area contributed by atoms with Gasteiger partial charge in [-0.3, -0.25) is 15.6 Å². The van der Waals surface area contributed by atoms with E-state index in [2.05, 4.69) is 25.5 Å². The second-order valence-electron chi connectivity index (χ2n) is 5.20. The molecule has 0 spiro atoms. The molecule has 140 valence electrons. The molecule has 0 aliphatic carbocycles. The van der Waals surface area contributed by atoms with Crippen molar-refractivity contribution in [1.29, 1.82) is 0 Å². The van der Waals surface area contributed by atoms with Crippen LogP contribution in [0, 0.1) is 5.82 Å². The molecular weight excluding hydrogens is 392 g/mol. The second kappa shape index (κ2) is 7.23. The summed E-state index contributed by atoms with van der Waals surface area (Å²) in [4.78, 5) is 15.3. The molecule has 0 fully saturated rings. The average Bonchev–Trinajstić information content (AvgIpc) is 3.11. The molecule has 11 heteroatoms. The maximum atomic E-state index is 13.6. The number of anilines is 1. The number of carbonyl (C=O) groups excluding carboxylic acids is 1. The van der Waals surface area contributed by atoms with Crippen molar-refractivity contribution in [3.05, 3.63) is 64.8 Å². The molecule has 0 unspecified atom stereocenters. The Labute approximate surface area is 154 Å². The predicted octanol–water partition coefficient (Wildman–Crippen LogP) is 4.30.